The minimum Gasteiger partial charge on any atom is -0.326 e. The molecule has 1 atom stereocenters. The molecule has 2 aromatic rings. The van der Waals surface area contributed by atoms with Gasteiger partial charge in [-0.05, 0) is 29.8 Å². The van der Waals surface area contributed by atoms with E-state index in [9.17, 15) is 9.59 Å². The van der Waals surface area contributed by atoms with E-state index in [0.717, 1.165) is 5.56 Å². The Morgan fingerprint density at radius 1 is 1.14 bits per heavy atom. The summed E-state index contributed by atoms with van der Waals surface area (Å²) < 4.78 is 0. The summed E-state index contributed by atoms with van der Waals surface area (Å²) in [4.78, 5) is 24.3. The molecule has 2 N–H and O–H groups in total. The van der Waals surface area contributed by atoms with Gasteiger partial charge in [0.2, 0.25) is 11.8 Å². The Morgan fingerprint density at radius 2 is 1.91 bits per heavy atom. The smallest absolute Gasteiger partial charge is 0.232 e. The van der Waals surface area contributed by atoms with Crippen LogP contribution in [0.1, 0.15) is 17.9 Å². The number of carbonyl (C=O) groups is 2. The third-order valence-electron chi connectivity index (χ3n) is 3.50. The largest absolute Gasteiger partial charge is 0.326 e. The van der Waals surface area contributed by atoms with Gasteiger partial charge in [0.1, 0.15) is 0 Å². The monoisotopic (exact) mass is 334 g/mol. The molecule has 0 fully saturated rings. The van der Waals surface area contributed by atoms with E-state index in [1.54, 1.807) is 24.3 Å². The summed E-state index contributed by atoms with van der Waals surface area (Å²) >= 11 is 11.8. The van der Waals surface area contributed by atoms with Gasteiger partial charge in [0.15, 0.2) is 0 Å². The minimum absolute atomic E-state index is 0.115. The molecule has 3 rings (SSSR count). The lowest BCUT2D eigenvalue weighted by Crippen LogP contribution is -2.30. The fourth-order valence-electron chi connectivity index (χ4n) is 2.45. The number of rotatable bonds is 2. The zero-order valence-electron chi connectivity index (χ0n) is 11.4. The number of carbonyl (C=O) groups excluding carboxylic acids is 2. The molecule has 1 heterocycles. The Hall–Kier alpha value is -2.04. The second-order valence-corrected chi connectivity index (χ2v) is 5.82. The molecule has 0 aromatic heterocycles. The average molecular weight is 335 g/mol. The van der Waals surface area contributed by atoms with Gasteiger partial charge < -0.3 is 10.6 Å². The minimum atomic E-state index is -0.528. The molecule has 0 spiro atoms. The van der Waals surface area contributed by atoms with E-state index >= 15 is 0 Å². The second-order valence-electron chi connectivity index (χ2n) is 5.01. The Labute approximate surface area is 137 Å². The maximum absolute atomic E-state index is 12.5. The molecular formula is C16H12Cl2N2O2. The number of hydrogen-bond acceptors (Lipinski definition) is 2. The Bertz CT molecular complexity index is 762. The lowest BCUT2D eigenvalue weighted by atomic mass is 9.90. The van der Waals surface area contributed by atoms with Gasteiger partial charge in [0.25, 0.3) is 0 Å². The van der Waals surface area contributed by atoms with Crippen molar-refractivity contribution in [1.82, 2.24) is 0 Å². The SMILES string of the molecule is O=C1C[C@H](C(=O)Nc2ccc(Cl)c(Cl)c2)c2ccccc2N1. The Balaban J connectivity index is 1.86. The van der Waals surface area contributed by atoms with Gasteiger partial charge in [-0.25, -0.2) is 0 Å². The van der Waals surface area contributed by atoms with Crippen LogP contribution in [-0.2, 0) is 9.59 Å². The van der Waals surface area contributed by atoms with Gasteiger partial charge in [-0.1, -0.05) is 41.4 Å². The number of anilines is 2. The first kappa shape index (κ1) is 14.9. The fourth-order valence-corrected chi connectivity index (χ4v) is 2.75. The van der Waals surface area contributed by atoms with Crippen LogP contribution in [0.3, 0.4) is 0 Å². The normalized spacial score (nSPS) is 16.6. The molecule has 0 radical (unpaired) electrons. The summed E-state index contributed by atoms with van der Waals surface area (Å²) in [6.07, 6.45) is 0.115. The molecule has 0 bridgehead atoms. The van der Waals surface area contributed by atoms with Gasteiger partial charge in [0, 0.05) is 17.8 Å². The fraction of sp³-hybridized carbons (Fsp3) is 0.125. The molecule has 22 heavy (non-hydrogen) atoms. The number of hydrogen-bond donors (Lipinski definition) is 2. The van der Waals surface area contributed by atoms with E-state index in [2.05, 4.69) is 10.6 Å². The van der Waals surface area contributed by atoms with Crippen LogP contribution >= 0.6 is 23.2 Å². The molecule has 2 amide bonds. The Morgan fingerprint density at radius 3 is 2.68 bits per heavy atom. The molecular weight excluding hydrogens is 323 g/mol. The molecule has 4 nitrogen and oxygen atoms in total. The van der Waals surface area contributed by atoms with Crippen molar-refractivity contribution in [3.63, 3.8) is 0 Å². The number of amides is 2. The van der Waals surface area contributed by atoms with Crippen molar-refractivity contribution in [3.8, 4) is 0 Å². The van der Waals surface area contributed by atoms with Crippen molar-refractivity contribution in [2.45, 2.75) is 12.3 Å². The molecule has 0 saturated carbocycles. The summed E-state index contributed by atoms with van der Waals surface area (Å²) in [7, 11) is 0. The Kier molecular flexibility index (Phi) is 4.05. The average Bonchev–Trinajstić information content (AvgIpc) is 2.50. The first-order valence-corrected chi connectivity index (χ1v) is 7.45. The van der Waals surface area contributed by atoms with Gasteiger partial charge in [-0.15, -0.1) is 0 Å². The summed E-state index contributed by atoms with van der Waals surface area (Å²) in [5, 5.41) is 6.33. The van der Waals surface area contributed by atoms with E-state index in [0.29, 0.717) is 21.4 Å². The number of para-hydroxylation sites is 1. The lowest BCUT2D eigenvalue weighted by molar-refractivity contribution is -0.123. The quantitative estimate of drug-likeness (QED) is 0.870. The van der Waals surface area contributed by atoms with Crippen LogP contribution in [-0.4, -0.2) is 11.8 Å². The summed E-state index contributed by atoms with van der Waals surface area (Å²) in [5.41, 5.74) is 2.02. The molecule has 112 valence electrons. The van der Waals surface area contributed by atoms with Gasteiger partial charge in [0.05, 0.1) is 16.0 Å². The van der Waals surface area contributed by atoms with Crippen LogP contribution in [0, 0.1) is 0 Å². The zero-order chi connectivity index (χ0) is 15.7. The predicted molar refractivity (Wildman–Crippen MR) is 87.5 cm³/mol. The molecule has 6 heteroatoms. The lowest BCUT2D eigenvalue weighted by Gasteiger charge is -2.24. The predicted octanol–water partition coefficient (Wildman–Crippen LogP) is 4.06. The van der Waals surface area contributed by atoms with Crippen molar-refractivity contribution in [2.24, 2.45) is 0 Å². The standard InChI is InChI=1S/C16H12Cl2N2O2/c17-12-6-5-9(7-13(12)18)19-16(22)11-8-15(21)20-14-4-2-1-3-10(11)14/h1-7,11H,8H2,(H,19,22)(H,20,21)/t11-/m0/s1. The van der Waals surface area contributed by atoms with E-state index in [4.69, 9.17) is 23.2 Å². The number of halogens is 2. The first-order chi connectivity index (χ1) is 10.5. The van der Waals surface area contributed by atoms with Crippen LogP contribution in [0.5, 0.6) is 0 Å². The van der Waals surface area contributed by atoms with Gasteiger partial charge in [-0.3, -0.25) is 9.59 Å². The molecule has 0 unspecified atom stereocenters. The molecule has 1 aliphatic rings. The zero-order valence-corrected chi connectivity index (χ0v) is 12.9. The molecule has 1 aliphatic heterocycles. The third-order valence-corrected chi connectivity index (χ3v) is 4.24. The van der Waals surface area contributed by atoms with Crippen molar-refractivity contribution in [3.05, 3.63) is 58.1 Å². The van der Waals surface area contributed by atoms with Crippen LogP contribution in [0.15, 0.2) is 42.5 Å². The highest BCUT2D eigenvalue weighted by Gasteiger charge is 2.30. The third kappa shape index (κ3) is 2.93. The van der Waals surface area contributed by atoms with Crippen LogP contribution in [0.4, 0.5) is 11.4 Å². The van der Waals surface area contributed by atoms with E-state index < -0.39 is 5.92 Å². The molecule has 0 aliphatic carbocycles. The second kappa shape index (κ2) is 5.99. The summed E-state index contributed by atoms with van der Waals surface area (Å²) in [5.74, 6) is -0.951. The van der Waals surface area contributed by atoms with E-state index in [1.807, 2.05) is 18.2 Å². The van der Waals surface area contributed by atoms with Crippen LogP contribution in [0.25, 0.3) is 0 Å². The van der Waals surface area contributed by atoms with E-state index in [1.165, 1.54) is 0 Å². The van der Waals surface area contributed by atoms with Crippen molar-refractivity contribution < 1.29 is 9.59 Å². The maximum atomic E-state index is 12.5. The van der Waals surface area contributed by atoms with Crippen molar-refractivity contribution in [2.75, 3.05) is 10.6 Å². The van der Waals surface area contributed by atoms with Crippen molar-refractivity contribution in [1.29, 1.82) is 0 Å². The van der Waals surface area contributed by atoms with Gasteiger partial charge in [-0.2, -0.15) is 0 Å². The van der Waals surface area contributed by atoms with Crippen LogP contribution < -0.4 is 10.6 Å². The highest BCUT2D eigenvalue weighted by atomic mass is 35.5. The van der Waals surface area contributed by atoms with Crippen LogP contribution in [0.2, 0.25) is 10.0 Å². The highest BCUT2D eigenvalue weighted by Crippen LogP contribution is 2.33. The van der Waals surface area contributed by atoms with E-state index in [-0.39, 0.29) is 18.2 Å². The molecule has 2 aromatic carbocycles. The summed E-state index contributed by atoms with van der Waals surface area (Å²) in [6, 6.07) is 12.1. The summed E-state index contributed by atoms with van der Waals surface area (Å²) in [6.45, 7) is 0. The first-order valence-electron chi connectivity index (χ1n) is 6.69. The maximum Gasteiger partial charge on any atom is 0.232 e. The highest BCUT2D eigenvalue weighted by molar-refractivity contribution is 6.42. The van der Waals surface area contributed by atoms with Gasteiger partial charge >= 0.3 is 0 Å². The number of nitrogens with one attached hydrogen (secondary N) is 2. The molecule has 0 saturated heterocycles. The number of benzene rings is 2. The van der Waals surface area contributed by atoms with Crippen molar-refractivity contribution >= 4 is 46.4 Å². The number of fused-ring (bicyclic) bond motifs is 1. The topological polar surface area (TPSA) is 58.2 Å².